The summed E-state index contributed by atoms with van der Waals surface area (Å²) >= 11 is 5.88. The zero-order chi connectivity index (χ0) is 12.4. The molecule has 1 unspecified atom stereocenters. The molecule has 0 aromatic heterocycles. The van der Waals surface area contributed by atoms with E-state index >= 15 is 0 Å². The molecule has 1 aromatic carbocycles. The molecule has 1 fully saturated rings. The van der Waals surface area contributed by atoms with E-state index in [-0.39, 0.29) is 17.6 Å². The van der Waals surface area contributed by atoms with Crippen molar-refractivity contribution in [3.63, 3.8) is 0 Å². The Morgan fingerprint density at radius 2 is 2.35 bits per heavy atom. The number of nitrogens with zero attached hydrogens (tertiary/aromatic N) is 1. The second-order valence-corrected chi connectivity index (χ2v) is 4.83. The molecule has 0 saturated carbocycles. The number of hydrogen-bond acceptors (Lipinski definition) is 3. The minimum Gasteiger partial charge on any atom is -0.508 e. The molecule has 3 N–H and O–H groups in total. The maximum atomic E-state index is 11.0. The zero-order valence-corrected chi connectivity index (χ0v) is 10.2. The number of halogens is 1. The van der Waals surface area contributed by atoms with Gasteiger partial charge in [0.1, 0.15) is 5.75 Å². The normalized spacial score (nSPS) is 20.6. The number of benzene rings is 1. The second-order valence-electron chi connectivity index (χ2n) is 4.40. The predicted octanol–water partition coefficient (Wildman–Crippen LogP) is 1.35. The van der Waals surface area contributed by atoms with Gasteiger partial charge in [-0.1, -0.05) is 11.6 Å². The number of carbonyl (C=O) groups is 1. The summed E-state index contributed by atoms with van der Waals surface area (Å²) in [6, 6.07) is 4.98. The van der Waals surface area contributed by atoms with E-state index in [9.17, 15) is 9.90 Å². The van der Waals surface area contributed by atoms with Crippen molar-refractivity contribution < 1.29 is 9.90 Å². The van der Waals surface area contributed by atoms with Crippen LogP contribution in [0.3, 0.4) is 0 Å². The van der Waals surface area contributed by atoms with Crippen molar-refractivity contribution in [3.8, 4) is 5.75 Å². The summed E-state index contributed by atoms with van der Waals surface area (Å²) in [5, 5.41) is 10.3. The van der Waals surface area contributed by atoms with E-state index in [1.54, 1.807) is 18.2 Å². The van der Waals surface area contributed by atoms with Crippen molar-refractivity contribution in [2.45, 2.75) is 13.0 Å². The molecular weight excluding hydrogens is 240 g/mol. The minimum absolute atomic E-state index is 0.0728. The quantitative estimate of drug-likeness (QED) is 0.856. The fraction of sp³-hybridized carbons (Fsp3) is 0.417. The van der Waals surface area contributed by atoms with Gasteiger partial charge in [0, 0.05) is 23.7 Å². The highest BCUT2D eigenvalue weighted by Gasteiger charge is 2.26. The Balaban J connectivity index is 2.02. The third-order valence-electron chi connectivity index (χ3n) is 3.11. The molecule has 1 atom stereocenters. The molecule has 5 heteroatoms. The first-order chi connectivity index (χ1) is 8.06. The lowest BCUT2D eigenvalue weighted by Crippen LogP contribution is -2.27. The van der Waals surface area contributed by atoms with Crippen LogP contribution in [0.25, 0.3) is 0 Å². The molecule has 0 bridgehead atoms. The van der Waals surface area contributed by atoms with Gasteiger partial charge in [0.05, 0.1) is 5.92 Å². The van der Waals surface area contributed by atoms with Crippen LogP contribution in [0.15, 0.2) is 18.2 Å². The Bertz CT molecular complexity index is 437. The number of likely N-dealkylation sites (tertiary alicyclic amines) is 1. The smallest absolute Gasteiger partial charge is 0.221 e. The van der Waals surface area contributed by atoms with Crippen LogP contribution in [0.4, 0.5) is 0 Å². The molecule has 1 saturated heterocycles. The van der Waals surface area contributed by atoms with Gasteiger partial charge in [0.15, 0.2) is 0 Å². The van der Waals surface area contributed by atoms with Crippen LogP contribution in [0.2, 0.25) is 5.02 Å². The Hall–Kier alpha value is -1.26. The van der Waals surface area contributed by atoms with Crippen LogP contribution in [0.1, 0.15) is 12.0 Å². The van der Waals surface area contributed by atoms with Crippen LogP contribution in [0.5, 0.6) is 5.75 Å². The van der Waals surface area contributed by atoms with Crippen molar-refractivity contribution in [1.29, 1.82) is 0 Å². The third-order valence-corrected chi connectivity index (χ3v) is 3.35. The maximum absolute atomic E-state index is 11.0. The summed E-state index contributed by atoms with van der Waals surface area (Å²) in [4.78, 5) is 13.1. The van der Waals surface area contributed by atoms with Crippen LogP contribution < -0.4 is 5.73 Å². The largest absolute Gasteiger partial charge is 0.508 e. The Morgan fingerprint density at radius 3 is 3.00 bits per heavy atom. The van der Waals surface area contributed by atoms with E-state index in [0.717, 1.165) is 18.5 Å². The van der Waals surface area contributed by atoms with Gasteiger partial charge in [-0.15, -0.1) is 0 Å². The van der Waals surface area contributed by atoms with Gasteiger partial charge in [-0.25, -0.2) is 0 Å². The number of carbonyl (C=O) groups excluding carboxylic acids is 1. The molecule has 1 amide bonds. The average molecular weight is 255 g/mol. The molecule has 0 spiro atoms. The third kappa shape index (κ3) is 2.90. The SMILES string of the molecule is NC(=O)C1CCN(Cc2cc(Cl)ccc2O)C1. The van der Waals surface area contributed by atoms with Gasteiger partial charge in [0.25, 0.3) is 0 Å². The average Bonchev–Trinajstić information content (AvgIpc) is 2.72. The minimum atomic E-state index is -0.247. The van der Waals surface area contributed by atoms with Crippen LogP contribution in [-0.2, 0) is 11.3 Å². The Labute approximate surface area is 105 Å². The van der Waals surface area contributed by atoms with E-state index in [0.29, 0.717) is 18.1 Å². The molecular formula is C12H15ClN2O2. The lowest BCUT2D eigenvalue weighted by molar-refractivity contribution is -0.121. The number of aromatic hydroxyl groups is 1. The van der Waals surface area contributed by atoms with Crippen molar-refractivity contribution in [3.05, 3.63) is 28.8 Å². The van der Waals surface area contributed by atoms with Crippen molar-refractivity contribution in [2.24, 2.45) is 11.7 Å². The summed E-state index contributed by atoms with van der Waals surface area (Å²) in [6.07, 6.45) is 0.788. The van der Waals surface area contributed by atoms with Crippen molar-refractivity contribution >= 4 is 17.5 Å². The molecule has 1 aliphatic heterocycles. The highest BCUT2D eigenvalue weighted by Crippen LogP contribution is 2.25. The summed E-state index contributed by atoms with van der Waals surface area (Å²) in [7, 11) is 0. The monoisotopic (exact) mass is 254 g/mol. The molecule has 92 valence electrons. The van der Waals surface area contributed by atoms with E-state index in [1.165, 1.54) is 0 Å². The maximum Gasteiger partial charge on any atom is 0.221 e. The van der Waals surface area contributed by atoms with Gasteiger partial charge in [-0.2, -0.15) is 0 Å². The fourth-order valence-corrected chi connectivity index (χ4v) is 2.32. The first kappa shape index (κ1) is 12.2. The van der Waals surface area contributed by atoms with Crippen LogP contribution in [-0.4, -0.2) is 29.0 Å². The summed E-state index contributed by atoms with van der Waals surface area (Å²) in [6.45, 7) is 2.07. The number of phenolic OH excluding ortho intramolecular Hbond substituents is 1. The number of amides is 1. The molecule has 2 rings (SSSR count). The van der Waals surface area contributed by atoms with Crippen LogP contribution >= 0.6 is 11.6 Å². The van der Waals surface area contributed by atoms with Gasteiger partial charge in [-0.05, 0) is 31.2 Å². The number of rotatable bonds is 3. The summed E-state index contributed by atoms with van der Waals surface area (Å²) < 4.78 is 0. The lowest BCUT2D eigenvalue weighted by atomic mass is 10.1. The number of phenols is 1. The van der Waals surface area contributed by atoms with E-state index in [1.807, 2.05) is 0 Å². The second kappa shape index (κ2) is 4.94. The summed E-state index contributed by atoms with van der Waals surface area (Å²) in [5.74, 6) is -0.0870. The lowest BCUT2D eigenvalue weighted by Gasteiger charge is -2.16. The van der Waals surface area contributed by atoms with Gasteiger partial charge < -0.3 is 10.8 Å². The van der Waals surface area contributed by atoms with Gasteiger partial charge in [0.2, 0.25) is 5.91 Å². The standard InChI is InChI=1S/C12H15ClN2O2/c13-10-1-2-11(16)9(5-10)7-15-4-3-8(6-15)12(14)17/h1-2,5,8,16H,3-4,6-7H2,(H2,14,17). The molecule has 0 radical (unpaired) electrons. The molecule has 1 heterocycles. The topological polar surface area (TPSA) is 66.6 Å². The number of primary amides is 1. The van der Waals surface area contributed by atoms with E-state index < -0.39 is 0 Å². The fourth-order valence-electron chi connectivity index (χ4n) is 2.13. The highest BCUT2D eigenvalue weighted by atomic mass is 35.5. The van der Waals surface area contributed by atoms with Crippen LogP contribution in [0, 0.1) is 5.92 Å². The Kier molecular flexibility index (Phi) is 3.54. The molecule has 1 aliphatic rings. The van der Waals surface area contributed by atoms with Crippen molar-refractivity contribution in [2.75, 3.05) is 13.1 Å². The number of hydrogen-bond donors (Lipinski definition) is 2. The van der Waals surface area contributed by atoms with Crippen molar-refractivity contribution in [1.82, 2.24) is 4.90 Å². The number of nitrogens with two attached hydrogens (primary N) is 1. The molecule has 1 aromatic rings. The molecule has 17 heavy (non-hydrogen) atoms. The first-order valence-corrected chi connectivity index (χ1v) is 5.93. The Morgan fingerprint density at radius 1 is 1.59 bits per heavy atom. The first-order valence-electron chi connectivity index (χ1n) is 5.55. The predicted molar refractivity (Wildman–Crippen MR) is 65.7 cm³/mol. The van der Waals surface area contributed by atoms with Gasteiger partial charge >= 0.3 is 0 Å². The molecule has 0 aliphatic carbocycles. The van der Waals surface area contributed by atoms with E-state index in [4.69, 9.17) is 17.3 Å². The molecule has 4 nitrogen and oxygen atoms in total. The summed E-state index contributed by atoms with van der Waals surface area (Å²) in [5.41, 5.74) is 6.05. The highest BCUT2D eigenvalue weighted by molar-refractivity contribution is 6.30. The van der Waals surface area contributed by atoms with E-state index in [2.05, 4.69) is 4.90 Å². The van der Waals surface area contributed by atoms with Gasteiger partial charge in [-0.3, -0.25) is 9.69 Å². The zero-order valence-electron chi connectivity index (χ0n) is 9.40.